The number of methoxy groups -OCH3 is 2. The summed E-state index contributed by atoms with van der Waals surface area (Å²) in [6.45, 7) is 5.71. The molecule has 0 aliphatic heterocycles. The summed E-state index contributed by atoms with van der Waals surface area (Å²) in [6, 6.07) is 0. The Morgan fingerprint density at radius 1 is 1.43 bits per heavy atom. The van der Waals surface area contributed by atoms with Gasteiger partial charge < -0.3 is 9.47 Å². The largest absolute Gasteiger partial charge is 0.502 e. The third-order valence-corrected chi connectivity index (χ3v) is 3.20. The van der Waals surface area contributed by atoms with Crippen molar-refractivity contribution in [3.8, 4) is 0 Å². The standard InChI is InChI=1S/C11H18O3/c1-8(13-3)7-11(5-6-11)9(2)10(12)14-4/h9H,1,5-7H2,2-4H3. The lowest BCUT2D eigenvalue weighted by Gasteiger charge is -2.21. The molecule has 1 aliphatic rings. The highest BCUT2D eigenvalue weighted by Gasteiger charge is 2.50. The van der Waals surface area contributed by atoms with Crippen molar-refractivity contribution in [2.24, 2.45) is 11.3 Å². The lowest BCUT2D eigenvalue weighted by Crippen LogP contribution is -2.24. The van der Waals surface area contributed by atoms with E-state index in [2.05, 4.69) is 6.58 Å². The Balaban J connectivity index is 2.57. The molecule has 0 radical (unpaired) electrons. The molecule has 1 rings (SSSR count). The van der Waals surface area contributed by atoms with Gasteiger partial charge in [-0.1, -0.05) is 13.5 Å². The third-order valence-electron chi connectivity index (χ3n) is 3.20. The predicted molar refractivity (Wildman–Crippen MR) is 53.6 cm³/mol. The Morgan fingerprint density at radius 2 is 2.00 bits per heavy atom. The number of hydrogen-bond acceptors (Lipinski definition) is 3. The monoisotopic (exact) mass is 198 g/mol. The SMILES string of the molecule is C=C(CC1(C(C)C(=O)OC)CC1)OC. The Labute approximate surface area is 85.1 Å². The molecule has 3 heteroatoms. The van der Waals surface area contributed by atoms with Gasteiger partial charge in [-0.05, 0) is 18.3 Å². The molecule has 0 saturated heterocycles. The highest BCUT2D eigenvalue weighted by atomic mass is 16.5. The topological polar surface area (TPSA) is 35.5 Å². The van der Waals surface area contributed by atoms with Crippen LogP contribution in [0.2, 0.25) is 0 Å². The summed E-state index contributed by atoms with van der Waals surface area (Å²) in [5.74, 6) is 0.559. The Kier molecular flexibility index (Phi) is 3.19. The number of allylic oxidation sites excluding steroid dienone is 1. The van der Waals surface area contributed by atoms with Gasteiger partial charge in [0.1, 0.15) is 0 Å². The van der Waals surface area contributed by atoms with Crippen molar-refractivity contribution >= 4 is 5.97 Å². The molecular weight excluding hydrogens is 180 g/mol. The zero-order valence-corrected chi connectivity index (χ0v) is 9.13. The zero-order chi connectivity index (χ0) is 10.8. The number of carbonyl (C=O) groups excluding carboxylic acids is 1. The zero-order valence-electron chi connectivity index (χ0n) is 9.13. The van der Waals surface area contributed by atoms with Gasteiger partial charge in [-0.2, -0.15) is 0 Å². The molecule has 1 fully saturated rings. The molecule has 3 nitrogen and oxygen atoms in total. The molecule has 0 spiro atoms. The fourth-order valence-electron chi connectivity index (χ4n) is 1.82. The predicted octanol–water partition coefficient (Wildman–Crippen LogP) is 2.13. The van der Waals surface area contributed by atoms with E-state index < -0.39 is 0 Å². The van der Waals surface area contributed by atoms with Crippen LogP contribution in [0.15, 0.2) is 12.3 Å². The molecular formula is C11H18O3. The van der Waals surface area contributed by atoms with Gasteiger partial charge in [0.25, 0.3) is 0 Å². The van der Waals surface area contributed by atoms with Crippen molar-refractivity contribution in [2.45, 2.75) is 26.2 Å². The molecule has 0 N–H and O–H groups in total. The van der Waals surface area contributed by atoms with Crippen LogP contribution in [-0.4, -0.2) is 20.2 Å². The van der Waals surface area contributed by atoms with Crippen LogP contribution in [0.25, 0.3) is 0 Å². The van der Waals surface area contributed by atoms with Crippen molar-refractivity contribution in [1.82, 2.24) is 0 Å². The van der Waals surface area contributed by atoms with E-state index in [1.54, 1.807) is 7.11 Å². The lowest BCUT2D eigenvalue weighted by molar-refractivity contribution is -0.147. The normalized spacial score (nSPS) is 19.6. The fraction of sp³-hybridized carbons (Fsp3) is 0.727. The van der Waals surface area contributed by atoms with Gasteiger partial charge in [-0.15, -0.1) is 0 Å². The maximum atomic E-state index is 11.4. The second kappa shape index (κ2) is 4.03. The molecule has 1 unspecified atom stereocenters. The van der Waals surface area contributed by atoms with Crippen molar-refractivity contribution < 1.29 is 14.3 Å². The van der Waals surface area contributed by atoms with Crippen molar-refractivity contribution in [3.63, 3.8) is 0 Å². The first kappa shape index (κ1) is 11.1. The van der Waals surface area contributed by atoms with E-state index in [-0.39, 0.29) is 17.3 Å². The van der Waals surface area contributed by atoms with Crippen LogP contribution < -0.4 is 0 Å². The van der Waals surface area contributed by atoms with E-state index >= 15 is 0 Å². The first-order valence-corrected chi connectivity index (χ1v) is 4.85. The second-order valence-corrected chi connectivity index (χ2v) is 4.03. The van der Waals surface area contributed by atoms with E-state index in [1.807, 2.05) is 6.92 Å². The van der Waals surface area contributed by atoms with Gasteiger partial charge in [0.05, 0.1) is 25.9 Å². The minimum Gasteiger partial charge on any atom is -0.502 e. The summed E-state index contributed by atoms with van der Waals surface area (Å²) in [7, 11) is 3.04. The lowest BCUT2D eigenvalue weighted by atomic mass is 9.87. The van der Waals surface area contributed by atoms with Crippen LogP contribution >= 0.6 is 0 Å². The van der Waals surface area contributed by atoms with Crippen LogP contribution in [0.5, 0.6) is 0 Å². The van der Waals surface area contributed by atoms with Gasteiger partial charge >= 0.3 is 5.97 Å². The minimum atomic E-state index is -0.133. The van der Waals surface area contributed by atoms with Crippen molar-refractivity contribution in [3.05, 3.63) is 12.3 Å². The molecule has 1 saturated carbocycles. The maximum Gasteiger partial charge on any atom is 0.308 e. The molecule has 80 valence electrons. The van der Waals surface area contributed by atoms with Crippen molar-refractivity contribution in [2.75, 3.05) is 14.2 Å². The summed E-state index contributed by atoms with van der Waals surface area (Å²) in [4.78, 5) is 11.4. The van der Waals surface area contributed by atoms with Gasteiger partial charge in [0.15, 0.2) is 0 Å². The number of esters is 1. The molecule has 14 heavy (non-hydrogen) atoms. The molecule has 0 aromatic heterocycles. The number of rotatable bonds is 5. The van der Waals surface area contributed by atoms with Crippen LogP contribution in [0.1, 0.15) is 26.2 Å². The molecule has 1 atom stereocenters. The molecule has 1 aliphatic carbocycles. The summed E-state index contributed by atoms with van der Waals surface area (Å²) >= 11 is 0. The van der Waals surface area contributed by atoms with Gasteiger partial charge in [0.2, 0.25) is 0 Å². The van der Waals surface area contributed by atoms with E-state index in [0.717, 1.165) is 25.0 Å². The second-order valence-electron chi connectivity index (χ2n) is 4.03. The summed E-state index contributed by atoms with van der Waals surface area (Å²) < 4.78 is 9.79. The van der Waals surface area contributed by atoms with Crippen LogP contribution in [0.4, 0.5) is 0 Å². The molecule has 0 amide bonds. The first-order chi connectivity index (χ1) is 6.55. The van der Waals surface area contributed by atoms with Crippen LogP contribution in [0, 0.1) is 11.3 Å². The number of ether oxygens (including phenoxy) is 2. The van der Waals surface area contributed by atoms with Crippen molar-refractivity contribution in [1.29, 1.82) is 0 Å². The first-order valence-electron chi connectivity index (χ1n) is 4.85. The van der Waals surface area contributed by atoms with E-state index in [1.165, 1.54) is 7.11 Å². The van der Waals surface area contributed by atoms with E-state index in [9.17, 15) is 4.79 Å². The van der Waals surface area contributed by atoms with E-state index in [0.29, 0.717) is 0 Å². The highest BCUT2D eigenvalue weighted by Crippen LogP contribution is 2.56. The smallest absolute Gasteiger partial charge is 0.308 e. The molecule has 0 heterocycles. The summed E-state index contributed by atoms with van der Waals surface area (Å²) in [5, 5.41) is 0. The fourth-order valence-corrected chi connectivity index (χ4v) is 1.82. The molecule has 0 aromatic carbocycles. The molecule has 0 aromatic rings. The van der Waals surface area contributed by atoms with Crippen LogP contribution in [0.3, 0.4) is 0 Å². The Bertz CT molecular complexity index is 241. The summed E-state index contributed by atoms with van der Waals surface area (Å²) in [6.07, 6.45) is 2.89. The minimum absolute atomic E-state index is 0.0557. The Hall–Kier alpha value is -0.990. The maximum absolute atomic E-state index is 11.4. The van der Waals surface area contributed by atoms with Gasteiger partial charge in [-0.3, -0.25) is 4.79 Å². The third kappa shape index (κ3) is 2.08. The average molecular weight is 198 g/mol. The number of carbonyl (C=O) groups is 1. The van der Waals surface area contributed by atoms with Gasteiger partial charge in [0, 0.05) is 6.42 Å². The van der Waals surface area contributed by atoms with Crippen LogP contribution in [-0.2, 0) is 14.3 Å². The quantitative estimate of drug-likeness (QED) is 0.501. The van der Waals surface area contributed by atoms with E-state index in [4.69, 9.17) is 9.47 Å². The van der Waals surface area contributed by atoms with Gasteiger partial charge in [-0.25, -0.2) is 0 Å². The average Bonchev–Trinajstić information content (AvgIpc) is 2.96. The Morgan fingerprint density at radius 3 is 2.36 bits per heavy atom. The number of hydrogen-bond donors (Lipinski definition) is 0. The summed E-state index contributed by atoms with van der Waals surface area (Å²) in [5.41, 5.74) is 0.0557. The highest BCUT2D eigenvalue weighted by molar-refractivity contribution is 5.73. The molecule has 0 bridgehead atoms.